The topological polar surface area (TPSA) is 54.9 Å². The molecular formula is C13H23N3O2. The number of nitrogens with zero attached hydrogens (tertiary/aromatic N) is 1. The number of nitrogens with one attached hydrogen (secondary N) is 2. The number of rotatable bonds is 3. The van der Waals surface area contributed by atoms with Crippen molar-refractivity contribution in [2.24, 2.45) is 4.99 Å². The maximum Gasteiger partial charge on any atom is 0.191 e. The summed E-state index contributed by atoms with van der Waals surface area (Å²) in [5, 5.41) is 6.69. The molecule has 2 saturated carbocycles. The monoisotopic (exact) mass is 253 g/mol. The maximum atomic E-state index is 6.06. The minimum absolute atomic E-state index is 0.154. The van der Waals surface area contributed by atoms with Gasteiger partial charge in [-0.3, -0.25) is 4.99 Å². The Morgan fingerprint density at radius 1 is 1.33 bits per heavy atom. The largest absolute Gasteiger partial charge is 0.354 e. The lowest BCUT2D eigenvalue weighted by Crippen LogP contribution is -2.43. The summed E-state index contributed by atoms with van der Waals surface area (Å²) in [6.45, 7) is 1.47. The highest BCUT2D eigenvalue weighted by Gasteiger charge is 2.43. The van der Waals surface area contributed by atoms with Crippen LogP contribution in [0.5, 0.6) is 0 Å². The van der Waals surface area contributed by atoms with Crippen molar-refractivity contribution >= 4 is 5.96 Å². The quantitative estimate of drug-likeness (QED) is 0.582. The average Bonchev–Trinajstić information content (AvgIpc) is 2.95. The van der Waals surface area contributed by atoms with Crippen molar-refractivity contribution < 1.29 is 9.47 Å². The van der Waals surface area contributed by atoms with Gasteiger partial charge in [-0.1, -0.05) is 0 Å². The van der Waals surface area contributed by atoms with Crippen molar-refractivity contribution in [3.05, 3.63) is 0 Å². The summed E-state index contributed by atoms with van der Waals surface area (Å²) in [5.41, 5.74) is 0. The summed E-state index contributed by atoms with van der Waals surface area (Å²) in [5.74, 6) is 0.633. The van der Waals surface area contributed by atoms with Crippen molar-refractivity contribution in [3.63, 3.8) is 0 Å². The fourth-order valence-corrected chi connectivity index (χ4v) is 2.72. The van der Waals surface area contributed by atoms with Gasteiger partial charge in [0.25, 0.3) is 0 Å². The number of hydrogen-bond donors (Lipinski definition) is 2. The van der Waals surface area contributed by atoms with Crippen molar-refractivity contribution in [1.82, 2.24) is 10.6 Å². The van der Waals surface area contributed by atoms with Gasteiger partial charge in [0, 0.05) is 32.5 Å². The average molecular weight is 253 g/mol. The van der Waals surface area contributed by atoms with E-state index in [0.717, 1.165) is 25.3 Å². The van der Waals surface area contributed by atoms with Gasteiger partial charge in [-0.05, 0) is 25.7 Å². The molecule has 3 aliphatic rings. The molecule has 0 aromatic heterocycles. The second-order valence-electron chi connectivity index (χ2n) is 5.54. The lowest BCUT2D eigenvalue weighted by molar-refractivity contribution is -0.160. The van der Waals surface area contributed by atoms with E-state index in [0.29, 0.717) is 12.6 Å². The molecule has 1 spiro atoms. The number of aliphatic imine (C=N–C) groups is 1. The molecule has 102 valence electrons. The number of hydrogen-bond acceptors (Lipinski definition) is 3. The Labute approximate surface area is 108 Å². The lowest BCUT2D eigenvalue weighted by Gasteiger charge is -2.22. The summed E-state index contributed by atoms with van der Waals surface area (Å²) in [6, 6.07) is 0.623. The molecule has 3 fully saturated rings. The molecule has 18 heavy (non-hydrogen) atoms. The van der Waals surface area contributed by atoms with Crippen LogP contribution in [0, 0.1) is 0 Å². The SMILES string of the molecule is CN=C(NCC1COC2(CCCC2)O1)NC1CC1. The van der Waals surface area contributed by atoms with Gasteiger partial charge in [0.1, 0.15) is 6.10 Å². The zero-order valence-electron chi connectivity index (χ0n) is 11.1. The minimum atomic E-state index is -0.250. The minimum Gasteiger partial charge on any atom is -0.354 e. The molecule has 1 unspecified atom stereocenters. The van der Waals surface area contributed by atoms with Gasteiger partial charge < -0.3 is 20.1 Å². The molecular weight excluding hydrogens is 230 g/mol. The fraction of sp³-hybridized carbons (Fsp3) is 0.923. The van der Waals surface area contributed by atoms with Gasteiger partial charge in [-0.15, -0.1) is 0 Å². The van der Waals surface area contributed by atoms with Crippen LogP contribution in [0.2, 0.25) is 0 Å². The highest BCUT2D eigenvalue weighted by Crippen LogP contribution is 2.38. The van der Waals surface area contributed by atoms with E-state index < -0.39 is 0 Å². The summed E-state index contributed by atoms with van der Waals surface area (Å²) < 4.78 is 11.9. The van der Waals surface area contributed by atoms with Gasteiger partial charge in [-0.2, -0.15) is 0 Å². The van der Waals surface area contributed by atoms with Crippen molar-refractivity contribution in [2.45, 2.75) is 56.5 Å². The summed E-state index contributed by atoms with van der Waals surface area (Å²) in [6.07, 6.45) is 7.23. The smallest absolute Gasteiger partial charge is 0.191 e. The molecule has 2 N–H and O–H groups in total. The molecule has 2 aliphatic carbocycles. The Morgan fingerprint density at radius 2 is 2.11 bits per heavy atom. The van der Waals surface area contributed by atoms with E-state index in [2.05, 4.69) is 15.6 Å². The number of ether oxygens (including phenoxy) is 2. The third-order valence-corrected chi connectivity index (χ3v) is 3.92. The second kappa shape index (κ2) is 5.05. The first-order chi connectivity index (χ1) is 8.80. The van der Waals surface area contributed by atoms with Gasteiger partial charge in [0.05, 0.1) is 6.61 Å². The third-order valence-electron chi connectivity index (χ3n) is 3.92. The molecule has 5 nitrogen and oxygen atoms in total. The van der Waals surface area contributed by atoms with E-state index in [1.54, 1.807) is 0 Å². The highest BCUT2D eigenvalue weighted by molar-refractivity contribution is 5.80. The molecule has 1 saturated heterocycles. The second-order valence-corrected chi connectivity index (χ2v) is 5.54. The standard InChI is InChI=1S/C13H23N3O2/c1-14-12(16-10-4-5-10)15-8-11-9-17-13(18-11)6-2-3-7-13/h10-11H,2-9H2,1H3,(H2,14,15,16). The van der Waals surface area contributed by atoms with Crippen LogP contribution in [0.4, 0.5) is 0 Å². The third kappa shape index (κ3) is 2.78. The van der Waals surface area contributed by atoms with Crippen LogP contribution in [-0.2, 0) is 9.47 Å². The molecule has 3 rings (SSSR count). The van der Waals surface area contributed by atoms with E-state index >= 15 is 0 Å². The van der Waals surface area contributed by atoms with Crippen LogP contribution in [-0.4, -0.2) is 44.1 Å². The van der Waals surface area contributed by atoms with Crippen molar-refractivity contribution in [3.8, 4) is 0 Å². The first kappa shape index (κ1) is 12.2. The normalized spacial score (nSPS) is 30.9. The molecule has 0 radical (unpaired) electrons. The molecule has 1 atom stereocenters. The predicted molar refractivity (Wildman–Crippen MR) is 69.5 cm³/mol. The lowest BCUT2D eigenvalue weighted by atomic mass is 10.2. The van der Waals surface area contributed by atoms with Gasteiger partial charge >= 0.3 is 0 Å². The van der Waals surface area contributed by atoms with E-state index in [9.17, 15) is 0 Å². The molecule has 0 aromatic rings. The molecule has 0 aromatic carbocycles. The van der Waals surface area contributed by atoms with Crippen LogP contribution in [0.15, 0.2) is 4.99 Å². The van der Waals surface area contributed by atoms with E-state index in [1.165, 1.54) is 25.7 Å². The summed E-state index contributed by atoms with van der Waals surface area (Å²) >= 11 is 0. The Hall–Kier alpha value is -0.810. The van der Waals surface area contributed by atoms with E-state index in [1.807, 2.05) is 7.05 Å². The van der Waals surface area contributed by atoms with Crippen LogP contribution in [0.1, 0.15) is 38.5 Å². The van der Waals surface area contributed by atoms with Crippen LogP contribution < -0.4 is 10.6 Å². The molecule has 1 aliphatic heterocycles. The van der Waals surface area contributed by atoms with Crippen LogP contribution in [0.25, 0.3) is 0 Å². The Kier molecular flexibility index (Phi) is 3.43. The maximum absolute atomic E-state index is 6.06. The molecule has 0 bridgehead atoms. The van der Waals surface area contributed by atoms with Crippen molar-refractivity contribution in [2.75, 3.05) is 20.2 Å². The van der Waals surface area contributed by atoms with Gasteiger partial charge in [0.2, 0.25) is 0 Å². The molecule has 1 heterocycles. The Bertz CT molecular complexity index is 322. The molecule has 5 heteroatoms. The summed E-state index contributed by atoms with van der Waals surface area (Å²) in [7, 11) is 1.81. The predicted octanol–water partition coefficient (Wildman–Crippen LogP) is 0.999. The van der Waals surface area contributed by atoms with Gasteiger partial charge in [0.15, 0.2) is 11.7 Å². The van der Waals surface area contributed by atoms with Crippen molar-refractivity contribution in [1.29, 1.82) is 0 Å². The van der Waals surface area contributed by atoms with E-state index in [-0.39, 0.29) is 11.9 Å². The Balaban J connectivity index is 1.43. The van der Waals surface area contributed by atoms with Crippen LogP contribution in [0.3, 0.4) is 0 Å². The van der Waals surface area contributed by atoms with Gasteiger partial charge in [-0.25, -0.2) is 0 Å². The zero-order chi connectivity index (χ0) is 12.4. The first-order valence-electron chi connectivity index (χ1n) is 7.09. The number of guanidine groups is 1. The zero-order valence-corrected chi connectivity index (χ0v) is 11.1. The highest BCUT2D eigenvalue weighted by atomic mass is 16.7. The van der Waals surface area contributed by atoms with Crippen LogP contribution >= 0.6 is 0 Å². The fourth-order valence-electron chi connectivity index (χ4n) is 2.72. The molecule has 0 amide bonds. The summed E-state index contributed by atoms with van der Waals surface area (Å²) in [4.78, 5) is 4.22. The first-order valence-corrected chi connectivity index (χ1v) is 7.09. The van der Waals surface area contributed by atoms with E-state index in [4.69, 9.17) is 9.47 Å². The Morgan fingerprint density at radius 3 is 2.78 bits per heavy atom.